The lowest BCUT2D eigenvalue weighted by atomic mass is 9.77. The van der Waals surface area contributed by atoms with Crippen LogP contribution in [-0.4, -0.2) is 38.3 Å². The normalized spacial score (nSPS) is 25.1. The fourth-order valence-electron chi connectivity index (χ4n) is 6.49. The number of nitrogens with zero attached hydrogens (tertiary/aromatic N) is 4. The third-order valence-electron chi connectivity index (χ3n) is 9.04. The molecule has 8 nitrogen and oxygen atoms in total. The summed E-state index contributed by atoms with van der Waals surface area (Å²) < 4.78 is 28.0. The molecule has 7 rings (SSSR count). The van der Waals surface area contributed by atoms with Crippen LogP contribution in [0.5, 0.6) is 5.88 Å². The van der Waals surface area contributed by atoms with Gasteiger partial charge in [-0.1, -0.05) is 12.1 Å². The van der Waals surface area contributed by atoms with Crippen LogP contribution in [0.2, 0.25) is 0 Å². The van der Waals surface area contributed by atoms with E-state index in [0.29, 0.717) is 28.2 Å². The summed E-state index contributed by atoms with van der Waals surface area (Å²) in [6.07, 6.45) is 6.53. The van der Waals surface area contributed by atoms with Crippen molar-refractivity contribution < 1.29 is 23.8 Å². The van der Waals surface area contributed by atoms with Gasteiger partial charge in [-0.15, -0.1) is 11.3 Å². The van der Waals surface area contributed by atoms with E-state index in [1.54, 1.807) is 24.3 Å². The Bertz CT molecular complexity index is 1680. The van der Waals surface area contributed by atoms with Crippen molar-refractivity contribution in [2.45, 2.75) is 69.6 Å². The van der Waals surface area contributed by atoms with Crippen LogP contribution in [0.25, 0.3) is 10.3 Å². The molecule has 10 heteroatoms. The van der Waals surface area contributed by atoms with Gasteiger partial charge in [0.05, 0.1) is 24.3 Å². The molecule has 0 radical (unpaired) electrons. The highest BCUT2D eigenvalue weighted by molar-refractivity contribution is 7.20. The van der Waals surface area contributed by atoms with Gasteiger partial charge in [0.15, 0.2) is 0 Å². The Labute approximate surface area is 240 Å². The summed E-state index contributed by atoms with van der Waals surface area (Å²) in [5.74, 6) is 0.896. The highest BCUT2D eigenvalue weighted by Gasteiger charge is 2.57. The molecule has 210 valence electrons. The second-order valence-corrected chi connectivity index (χ2v) is 12.5. The number of thiophene rings is 1. The molecule has 4 aromatic rings. The Morgan fingerprint density at radius 2 is 2.05 bits per heavy atom. The lowest BCUT2D eigenvalue weighted by molar-refractivity contribution is -0.0590. The van der Waals surface area contributed by atoms with Crippen molar-refractivity contribution in [3.8, 4) is 11.9 Å². The lowest BCUT2D eigenvalue weighted by Gasteiger charge is -2.30. The van der Waals surface area contributed by atoms with Crippen molar-refractivity contribution in [1.29, 1.82) is 5.26 Å². The summed E-state index contributed by atoms with van der Waals surface area (Å²) in [5.41, 5.74) is 2.68. The zero-order chi connectivity index (χ0) is 28.1. The first kappa shape index (κ1) is 26.1. The topological polar surface area (TPSA) is 110 Å². The molecule has 3 aliphatic rings. The number of aromatic carboxylic acids is 1. The van der Waals surface area contributed by atoms with Gasteiger partial charge in [-0.05, 0) is 68.2 Å². The van der Waals surface area contributed by atoms with E-state index in [1.807, 2.05) is 18.2 Å². The minimum Gasteiger partial charge on any atom is -0.477 e. The van der Waals surface area contributed by atoms with Crippen LogP contribution < -0.4 is 4.74 Å². The largest absolute Gasteiger partial charge is 0.477 e. The second kappa shape index (κ2) is 10.2. The van der Waals surface area contributed by atoms with Crippen LogP contribution >= 0.6 is 11.3 Å². The maximum atomic E-state index is 14.3. The molecule has 1 unspecified atom stereocenters. The maximum absolute atomic E-state index is 14.3. The van der Waals surface area contributed by atoms with Gasteiger partial charge in [0, 0.05) is 35.8 Å². The van der Waals surface area contributed by atoms with Gasteiger partial charge >= 0.3 is 5.97 Å². The summed E-state index contributed by atoms with van der Waals surface area (Å²) in [4.78, 5) is 22.5. The standard InChI is InChI=1S/C31H29FN4O4S/c32-23-12-18(15-33)4-5-20(23)17-40-27-3-1-2-24(34-27)19-6-9-31(10-7-19)14-22(31)28-35-25-13-26(30(37)38)41-29(25)36(28)16-21-8-11-39-21/h1-5,12-13,19,21-22H,6-11,14,16-17H2,(H,37,38)/t19?,21-,22?,31?/m0/s1. The molecule has 2 aliphatic carbocycles. The first-order chi connectivity index (χ1) is 19.9. The number of carboxylic acids is 1. The Kier molecular flexibility index (Phi) is 6.51. The van der Waals surface area contributed by atoms with Crippen molar-refractivity contribution >= 4 is 27.7 Å². The number of hydrogen-bond acceptors (Lipinski definition) is 7. The minimum absolute atomic E-state index is 0.0490. The van der Waals surface area contributed by atoms with Crippen LogP contribution in [0, 0.1) is 22.6 Å². The van der Waals surface area contributed by atoms with Gasteiger partial charge in [-0.25, -0.2) is 19.2 Å². The van der Waals surface area contributed by atoms with Crippen molar-refractivity contribution in [3.05, 3.63) is 75.8 Å². The number of pyridine rings is 1. The number of fused-ring (bicyclic) bond motifs is 1. The number of aromatic nitrogens is 3. The predicted octanol–water partition coefficient (Wildman–Crippen LogP) is 6.40. The summed E-state index contributed by atoms with van der Waals surface area (Å²) >= 11 is 1.31. The molecule has 41 heavy (non-hydrogen) atoms. The molecule has 3 fully saturated rings. The third-order valence-corrected chi connectivity index (χ3v) is 10.2. The molecule has 1 saturated heterocycles. The third kappa shape index (κ3) is 4.87. The van der Waals surface area contributed by atoms with E-state index in [0.717, 1.165) is 73.5 Å². The monoisotopic (exact) mass is 572 g/mol. The maximum Gasteiger partial charge on any atom is 0.346 e. The quantitative estimate of drug-likeness (QED) is 0.260. The molecular formula is C31H29FN4O4S. The summed E-state index contributed by atoms with van der Waals surface area (Å²) in [7, 11) is 0. The Morgan fingerprint density at radius 3 is 2.76 bits per heavy atom. The smallest absolute Gasteiger partial charge is 0.346 e. The molecule has 0 amide bonds. The average Bonchev–Trinajstić information content (AvgIpc) is 3.30. The molecule has 2 atom stereocenters. The van der Waals surface area contributed by atoms with Crippen molar-refractivity contribution in [1.82, 2.24) is 14.5 Å². The highest BCUT2D eigenvalue weighted by Crippen LogP contribution is 2.67. The number of hydrogen-bond donors (Lipinski definition) is 1. The zero-order valence-electron chi connectivity index (χ0n) is 22.4. The molecule has 1 aromatic carbocycles. The van der Waals surface area contributed by atoms with Crippen molar-refractivity contribution in [2.75, 3.05) is 6.61 Å². The molecule has 4 heterocycles. The van der Waals surface area contributed by atoms with E-state index in [-0.39, 0.29) is 23.7 Å². The number of nitriles is 1. The van der Waals surface area contributed by atoms with E-state index in [2.05, 4.69) is 4.57 Å². The van der Waals surface area contributed by atoms with Crippen LogP contribution in [0.3, 0.4) is 0 Å². The molecule has 3 aromatic heterocycles. The van der Waals surface area contributed by atoms with Gasteiger partial charge in [-0.3, -0.25) is 0 Å². The van der Waals surface area contributed by atoms with E-state index < -0.39 is 11.8 Å². The first-order valence-electron chi connectivity index (χ1n) is 14.1. The molecule has 0 bridgehead atoms. The Balaban J connectivity index is 1.02. The fourth-order valence-corrected chi connectivity index (χ4v) is 7.44. The second-order valence-electron chi connectivity index (χ2n) is 11.5. The number of halogens is 1. The Hall–Kier alpha value is -3.81. The minimum atomic E-state index is -0.910. The number of ether oxygens (including phenoxy) is 2. The van der Waals surface area contributed by atoms with Crippen LogP contribution in [-0.2, 0) is 17.9 Å². The van der Waals surface area contributed by atoms with E-state index in [9.17, 15) is 14.3 Å². The van der Waals surface area contributed by atoms with E-state index >= 15 is 0 Å². The van der Waals surface area contributed by atoms with Crippen molar-refractivity contribution in [2.24, 2.45) is 5.41 Å². The lowest BCUT2D eigenvalue weighted by Crippen LogP contribution is -2.31. The van der Waals surface area contributed by atoms with Crippen molar-refractivity contribution in [3.63, 3.8) is 0 Å². The predicted molar refractivity (Wildman–Crippen MR) is 150 cm³/mol. The molecule has 2 saturated carbocycles. The highest BCUT2D eigenvalue weighted by atomic mass is 32.1. The van der Waals surface area contributed by atoms with Crippen LogP contribution in [0.4, 0.5) is 4.39 Å². The molecule has 1 spiro atoms. The number of imidazole rings is 1. The molecular weight excluding hydrogens is 543 g/mol. The van der Waals surface area contributed by atoms with Gasteiger partial charge in [0.25, 0.3) is 0 Å². The number of rotatable bonds is 8. The average molecular weight is 573 g/mol. The SMILES string of the molecule is N#Cc1ccc(COc2cccc(C3CCC4(CC3)CC4c3nc4cc(C(=O)O)sc4n3C[C@@H]3CCO3)n2)c(F)c1. The first-order valence-corrected chi connectivity index (χ1v) is 14.9. The zero-order valence-corrected chi connectivity index (χ0v) is 23.2. The number of benzene rings is 1. The Morgan fingerprint density at radius 1 is 1.22 bits per heavy atom. The van der Waals surface area contributed by atoms with Gasteiger partial charge < -0.3 is 19.1 Å². The van der Waals surface area contributed by atoms with Gasteiger partial charge in [0.1, 0.15) is 33.5 Å². The fraction of sp³-hybridized carbons (Fsp3) is 0.419. The van der Waals surface area contributed by atoms with Gasteiger partial charge in [-0.2, -0.15) is 5.26 Å². The summed E-state index contributed by atoms with van der Waals surface area (Å²) in [6.45, 7) is 1.56. The molecule has 1 N–H and O–H groups in total. The van der Waals surface area contributed by atoms with Crippen LogP contribution in [0.1, 0.15) is 82.7 Å². The summed E-state index contributed by atoms with van der Waals surface area (Å²) in [6, 6.07) is 13.8. The molecule has 1 aliphatic heterocycles. The van der Waals surface area contributed by atoms with Crippen LogP contribution in [0.15, 0.2) is 42.5 Å². The van der Waals surface area contributed by atoms with E-state index in [4.69, 9.17) is 24.7 Å². The van der Waals surface area contributed by atoms with E-state index in [1.165, 1.54) is 17.4 Å². The summed E-state index contributed by atoms with van der Waals surface area (Å²) in [5, 5.41) is 18.4. The van der Waals surface area contributed by atoms with Gasteiger partial charge in [0.2, 0.25) is 5.88 Å². The number of carbonyl (C=O) groups is 1. The number of carboxylic acid groups (broad SMARTS) is 1.